The molecular weight excluding hydrogens is 291 g/mol. The van der Waals surface area contributed by atoms with E-state index in [9.17, 15) is 0 Å². The van der Waals surface area contributed by atoms with Gasteiger partial charge in [0, 0.05) is 16.9 Å². The summed E-state index contributed by atoms with van der Waals surface area (Å²) in [4.78, 5) is 4.42. The zero-order chi connectivity index (χ0) is 13.0. The number of thiazole rings is 1. The molecule has 0 fully saturated rings. The predicted molar refractivity (Wildman–Crippen MR) is 75.7 cm³/mol. The first-order valence-electron chi connectivity index (χ1n) is 5.35. The zero-order valence-corrected chi connectivity index (χ0v) is 12.1. The first-order chi connectivity index (χ1) is 8.69. The first-order valence-corrected chi connectivity index (χ1v) is 6.98. The number of nitrogens with one attached hydrogen (secondary N) is 1. The maximum Gasteiger partial charge on any atom is 0.138 e. The van der Waals surface area contributed by atoms with Gasteiger partial charge in [0.15, 0.2) is 0 Å². The first kappa shape index (κ1) is 13.6. The molecular formula is C12H12Cl2N2OS. The van der Waals surface area contributed by atoms with Crippen molar-refractivity contribution in [2.45, 2.75) is 13.2 Å². The lowest BCUT2D eigenvalue weighted by molar-refractivity contribution is 0.302. The van der Waals surface area contributed by atoms with E-state index in [4.69, 9.17) is 27.9 Å². The summed E-state index contributed by atoms with van der Waals surface area (Å²) in [7, 11) is 1.89. The topological polar surface area (TPSA) is 34.2 Å². The highest BCUT2D eigenvalue weighted by Gasteiger charge is 2.05. The van der Waals surface area contributed by atoms with Gasteiger partial charge in [-0.25, -0.2) is 4.98 Å². The Kier molecular flexibility index (Phi) is 4.83. The summed E-state index contributed by atoms with van der Waals surface area (Å²) < 4.78 is 5.60. The van der Waals surface area contributed by atoms with Gasteiger partial charge in [0.1, 0.15) is 17.4 Å². The van der Waals surface area contributed by atoms with Crippen molar-refractivity contribution in [1.29, 1.82) is 0 Å². The Morgan fingerprint density at radius 1 is 1.39 bits per heavy atom. The van der Waals surface area contributed by atoms with Crippen molar-refractivity contribution < 1.29 is 4.74 Å². The van der Waals surface area contributed by atoms with E-state index in [1.54, 1.807) is 29.5 Å². The maximum absolute atomic E-state index is 6.01. The van der Waals surface area contributed by atoms with Gasteiger partial charge in [-0.3, -0.25) is 0 Å². The molecule has 0 radical (unpaired) electrons. The van der Waals surface area contributed by atoms with E-state index in [0.29, 0.717) is 22.4 Å². The van der Waals surface area contributed by atoms with Gasteiger partial charge in [-0.15, -0.1) is 11.3 Å². The number of hydrogen-bond donors (Lipinski definition) is 1. The Morgan fingerprint density at radius 3 is 2.94 bits per heavy atom. The van der Waals surface area contributed by atoms with Gasteiger partial charge in [-0.2, -0.15) is 0 Å². The average molecular weight is 303 g/mol. The number of aromatic nitrogens is 1. The Bertz CT molecular complexity index is 531. The molecule has 0 saturated carbocycles. The minimum Gasteiger partial charge on any atom is -0.486 e. The summed E-state index contributed by atoms with van der Waals surface area (Å²) in [5.41, 5.74) is 0.899. The molecule has 0 amide bonds. The number of hydrogen-bond acceptors (Lipinski definition) is 4. The van der Waals surface area contributed by atoms with E-state index in [2.05, 4.69) is 10.3 Å². The summed E-state index contributed by atoms with van der Waals surface area (Å²) in [6.45, 7) is 1.17. The monoisotopic (exact) mass is 302 g/mol. The van der Waals surface area contributed by atoms with E-state index in [1.165, 1.54) is 0 Å². The maximum atomic E-state index is 6.01. The van der Waals surface area contributed by atoms with E-state index in [-0.39, 0.29) is 0 Å². The van der Waals surface area contributed by atoms with Crippen molar-refractivity contribution in [3.63, 3.8) is 0 Å². The molecule has 1 N–H and O–H groups in total. The molecule has 1 aromatic carbocycles. The third-order valence-electron chi connectivity index (χ3n) is 2.20. The normalized spacial score (nSPS) is 10.6. The van der Waals surface area contributed by atoms with Crippen molar-refractivity contribution in [3.05, 3.63) is 44.3 Å². The molecule has 0 atom stereocenters. The second-order valence-corrected chi connectivity index (χ2v) is 5.41. The lowest BCUT2D eigenvalue weighted by atomic mass is 10.3. The second-order valence-electron chi connectivity index (χ2n) is 3.63. The molecule has 0 aliphatic heterocycles. The lowest BCUT2D eigenvalue weighted by Gasteiger charge is -2.06. The zero-order valence-electron chi connectivity index (χ0n) is 9.74. The highest BCUT2D eigenvalue weighted by atomic mass is 35.5. The van der Waals surface area contributed by atoms with Crippen LogP contribution in [0.2, 0.25) is 10.0 Å². The third-order valence-corrected chi connectivity index (χ3v) is 3.62. The van der Waals surface area contributed by atoms with Crippen molar-refractivity contribution in [1.82, 2.24) is 10.3 Å². The van der Waals surface area contributed by atoms with Gasteiger partial charge in [0.2, 0.25) is 0 Å². The molecule has 1 heterocycles. The van der Waals surface area contributed by atoms with E-state index in [0.717, 1.165) is 17.2 Å². The minimum atomic E-state index is 0.404. The Hall–Kier alpha value is -0.810. The van der Waals surface area contributed by atoms with E-state index >= 15 is 0 Å². The van der Waals surface area contributed by atoms with Crippen molar-refractivity contribution >= 4 is 34.5 Å². The molecule has 96 valence electrons. The summed E-state index contributed by atoms with van der Waals surface area (Å²) in [6, 6.07) is 5.16. The number of benzene rings is 1. The number of halogens is 2. The van der Waals surface area contributed by atoms with Crippen molar-refractivity contribution in [2.24, 2.45) is 0 Å². The van der Waals surface area contributed by atoms with Crippen LogP contribution in [0.4, 0.5) is 0 Å². The minimum absolute atomic E-state index is 0.404. The SMILES string of the molecule is CNCc1nc(COc2ccc(Cl)cc2Cl)cs1. The molecule has 2 aromatic rings. The molecule has 0 unspecified atom stereocenters. The lowest BCUT2D eigenvalue weighted by Crippen LogP contribution is -2.05. The highest BCUT2D eigenvalue weighted by Crippen LogP contribution is 2.28. The van der Waals surface area contributed by atoms with Crippen LogP contribution in [0.1, 0.15) is 10.7 Å². The molecule has 1 aromatic heterocycles. The molecule has 0 bridgehead atoms. The van der Waals surface area contributed by atoms with Crippen LogP contribution in [0.5, 0.6) is 5.75 Å². The van der Waals surface area contributed by atoms with Crippen LogP contribution in [0.15, 0.2) is 23.6 Å². The Morgan fingerprint density at radius 2 is 2.22 bits per heavy atom. The molecule has 0 saturated heterocycles. The van der Waals surface area contributed by atoms with Crippen LogP contribution in [0, 0.1) is 0 Å². The van der Waals surface area contributed by atoms with E-state index in [1.807, 2.05) is 12.4 Å². The molecule has 0 aliphatic rings. The fourth-order valence-corrected chi connectivity index (χ4v) is 2.65. The number of nitrogens with zero attached hydrogens (tertiary/aromatic N) is 1. The quantitative estimate of drug-likeness (QED) is 0.913. The number of ether oxygens (including phenoxy) is 1. The Balaban J connectivity index is 1.97. The van der Waals surface area contributed by atoms with Gasteiger partial charge >= 0.3 is 0 Å². The van der Waals surface area contributed by atoms with Crippen molar-refractivity contribution in [2.75, 3.05) is 7.05 Å². The third kappa shape index (κ3) is 3.59. The largest absolute Gasteiger partial charge is 0.486 e. The molecule has 18 heavy (non-hydrogen) atoms. The summed E-state index contributed by atoms with van der Waals surface area (Å²) in [5.74, 6) is 0.615. The van der Waals surface area contributed by atoms with Crippen LogP contribution in [0.3, 0.4) is 0 Å². The highest BCUT2D eigenvalue weighted by molar-refractivity contribution is 7.09. The smallest absolute Gasteiger partial charge is 0.138 e. The molecule has 3 nitrogen and oxygen atoms in total. The predicted octanol–water partition coefficient (Wildman–Crippen LogP) is 3.75. The van der Waals surface area contributed by atoms with Crippen LogP contribution in [-0.2, 0) is 13.2 Å². The standard InChI is InChI=1S/C12H12Cl2N2OS/c1-15-5-12-16-9(7-18-12)6-17-11-3-2-8(13)4-10(11)14/h2-4,7,15H,5-6H2,1H3. The number of rotatable bonds is 5. The van der Waals surface area contributed by atoms with Crippen LogP contribution in [0.25, 0.3) is 0 Å². The van der Waals surface area contributed by atoms with Gasteiger partial charge in [0.25, 0.3) is 0 Å². The van der Waals surface area contributed by atoms with Gasteiger partial charge in [-0.1, -0.05) is 23.2 Å². The van der Waals surface area contributed by atoms with Crippen molar-refractivity contribution in [3.8, 4) is 5.75 Å². The van der Waals surface area contributed by atoms with Gasteiger partial charge in [0.05, 0.1) is 10.7 Å². The molecule has 0 aliphatic carbocycles. The van der Waals surface area contributed by atoms with E-state index < -0.39 is 0 Å². The summed E-state index contributed by atoms with van der Waals surface area (Å²) >= 11 is 13.4. The van der Waals surface area contributed by atoms with Crippen LogP contribution < -0.4 is 10.1 Å². The van der Waals surface area contributed by atoms with Gasteiger partial charge < -0.3 is 10.1 Å². The van der Waals surface area contributed by atoms with Crippen LogP contribution in [-0.4, -0.2) is 12.0 Å². The second kappa shape index (κ2) is 6.38. The molecule has 2 rings (SSSR count). The fourth-order valence-electron chi connectivity index (χ4n) is 1.39. The summed E-state index contributed by atoms with van der Waals surface area (Å²) in [6.07, 6.45) is 0. The molecule has 6 heteroatoms. The Labute approximate surface area is 120 Å². The summed E-state index contributed by atoms with van der Waals surface area (Å²) in [5, 5.41) is 7.18. The molecule has 0 spiro atoms. The average Bonchev–Trinajstić information content (AvgIpc) is 2.76. The fraction of sp³-hybridized carbons (Fsp3) is 0.250. The van der Waals surface area contributed by atoms with Crippen LogP contribution >= 0.6 is 34.5 Å². The van der Waals surface area contributed by atoms with Gasteiger partial charge in [-0.05, 0) is 25.2 Å².